The smallest absolute Gasteiger partial charge is 0.273 e. The molecule has 1 unspecified atom stereocenters. The number of amides is 1. The lowest BCUT2D eigenvalue weighted by atomic mass is 10.1. The molecule has 0 spiro atoms. The Morgan fingerprint density at radius 2 is 2.04 bits per heavy atom. The molecule has 0 aromatic carbocycles. The summed E-state index contributed by atoms with van der Waals surface area (Å²) in [5, 5.41) is 9.68. The molecule has 0 saturated carbocycles. The van der Waals surface area contributed by atoms with Crippen LogP contribution >= 0.6 is 0 Å². The van der Waals surface area contributed by atoms with E-state index < -0.39 is 0 Å². The van der Waals surface area contributed by atoms with Gasteiger partial charge in [-0.3, -0.25) is 14.8 Å². The fourth-order valence-corrected chi connectivity index (χ4v) is 2.71. The van der Waals surface area contributed by atoms with Crippen LogP contribution in [-0.4, -0.2) is 38.5 Å². The topological polar surface area (TPSA) is 66.3 Å². The van der Waals surface area contributed by atoms with Crippen molar-refractivity contribution < 1.29 is 9.90 Å². The van der Waals surface area contributed by atoms with E-state index in [9.17, 15) is 9.90 Å². The highest BCUT2D eigenvalue weighted by atomic mass is 16.3. The summed E-state index contributed by atoms with van der Waals surface area (Å²) in [5.74, 6) is -0.173. The minimum absolute atomic E-state index is 0.0797. The standard InChI is InChI=1S/C20H27N3O2/c1-3-5-8-16-10-11-19(22-13-16)20(25)23(18(4-2)15-24)14-17-9-6-7-12-21-17/h6-7,9-13,18,24H,3-5,8,14-15H2,1-2H3. The lowest BCUT2D eigenvalue weighted by Gasteiger charge is -2.29. The van der Waals surface area contributed by atoms with Crippen molar-refractivity contribution in [2.75, 3.05) is 6.61 Å². The minimum Gasteiger partial charge on any atom is -0.394 e. The summed E-state index contributed by atoms with van der Waals surface area (Å²) < 4.78 is 0. The van der Waals surface area contributed by atoms with Crippen molar-refractivity contribution >= 4 is 5.91 Å². The first kappa shape index (κ1) is 19.1. The molecule has 2 rings (SSSR count). The van der Waals surface area contributed by atoms with Gasteiger partial charge in [-0.1, -0.05) is 32.4 Å². The van der Waals surface area contributed by atoms with Crippen LogP contribution in [0.2, 0.25) is 0 Å². The van der Waals surface area contributed by atoms with Crippen LogP contribution in [0.3, 0.4) is 0 Å². The van der Waals surface area contributed by atoms with Gasteiger partial charge in [0.1, 0.15) is 5.69 Å². The van der Waals surface area contributed by atoms with Crippen LogP contribution in [0.25, 0.3) is 0 Å². The Balaban J connectivity index is 2.19. The van der Waals surface area contributed by atoms with E-state index in [0.29, 0.717) is 18.7 Å². The summed E-state index contributed by atoms with van der Waals surface area (Å²) in [5.41, 5.74) is 2.34. The summed E-state index contributed by atoms with van der Waals surface area (Å²) in [4.78, 5) is 23.3. The van der Waals surface area contributed by atoms with E-state index >= 15 is 0 Å². The summed E-state index contributed by atoms with van der Waals surface area (Å²) in [6.07, 6.45) is 7.38. The first-order valence-corrected chi connectivity index (χ1v) is 8.96. The highest BCUT2D eigenvalue weighted by Crippen LogP contribution is 2.14. The zero-order valence-corrected chi connectivity index (χ0v) is 15.1. The maximum atomic E-state index is 13.0. The number of pyridine rings is 2. The van der Waals surface area contributed by atoms with Gasteiger partial charge in [-0.05, 0) is 43.0 Å². The molecule has 2 aromatic rings. The van der Waals surface area contributed by atoms with Gasteiger partial charge in [-0.25, -0.2) is 0 Å². The predicted octanol–water partition coefficient (Wildman–Crippen LogP) is 3.23. The Bertz CT molecular complexity index is 640. The molecule has 0 fully saturated rings. The molecule has 0 aliphatic carbocycles. The summed E-state index contributed by atoms with van der Waals surface area (Å²) in [7, 11) is 0. The number of carbonyl (C=O) groups excluding carboxylic acids is 1. The monoisotopic (exact) mass is 341 g/mol. The van der Waals surface area contributed by atoms with Crippen LogP contribution in [-0.2, 0) is 13.0 Å². The molecule has 5 nitrogen and oxygen atoms in total. The molecule has 1 N–H and O–H groups in total. The number of rotatable bonds is 9. The molecule has 5 heteroatoms. The van der Waals surface area contributed by atoms with Gasteiger partial charge in [0.05, 0.1) is 24.9 Å². The van der Waals surface area contributed by atoms with Gasteiger partial charge >= 0.3 is 0 Å². The van der Waals surface area contributed by atoms with Gasteiger partial charge in [0.2, 0.25) is 0 Å². The zero-order chi connectivity index (χ0) is 18.1. The number of hydrogen-bond acceptors (Lipinski definition) is 4. The Hall–Kier alpha value is -2.27. The number of aromatic nitrogens is 2. The first-order chi connectivity index (χ1) is 12.2. The predicted molar refractivity (Wildman–Crippen MR) is 98.1 cm³/mol. The number of nitrogens with zero attached hydrogens (tertiary/aromatic N) is 3. The van der Waals surface area contributed by atoms with Crippen LogP contribution < -0.4 is 0 Å². The van der Waals surface area contributed by atoms with Crippen molar-refractivity contribution in [2.24, 2.45) is 0 Å². The maximum Gasteiger partial charge on any atom is 0.273 e. The molecule has 2 heterocycles. The van der Waals surface area contributed by atoms with Gasteiger partial charge < -0.3 is 10.0 Å². The second-order valence-electron chi connectivity index (χ2n) is 6.15. The van der Waals surface area contributed by atoms with Crippen LogP contribution in [0.5, 0.6) is 0 Å². The molecule has 0 aliphatic heterocycles. The fourth-order valence-electron chi connectivity index (χ4n) is 2.71. The third-order valence-electron chi connectivity index (χ3n) is 4.30. The first-order valence-electron chi connectivity index (χ1n) is 8.96. The lowest BCUT2D eigenvalue weighted by molar-refractivity contribution is 0.0554. The number of unbranched alkanes of at least 4 members (excludes halogenated alkanes) is 1. The van der Waals surface area contributed by atoms with E-state index in [-0.39, 0.29) is 18.6 Å². The fraction of sp³-hybridized carbons (Fsp3) is 0.450. The third-order valence-corrected chi connectivity index (χ3v) is 4.30. The largest absolute Gasteiger partial charge is 0.394 e. The van der Waals surface area contributed by atoms with Gasteiger partial charge in [0.15, 0.2) is 0 Å². The molecular formula is C20H27N3O2. The number of aliphatic hydroxyl groups is 1. The zero-order valence-electron chi connectivity index (χ0n) is 15.1. The van der Waals surface area contributed by atoms with Gasteiger partial charge in [0, 0.05) is 12.4 Å². The van der Waals surface area contributed by atoms with Gasteiger partial charge in [-0.15, -0.1) is 0 Å². The normalized spacial score (nSPS) is 12.0. The van der Waals surface area contributed by atoms with Crippen molar-refractivity contribution in [1.29, 1.82) is 0 Å². The average molecular weight is 341 g/mol. The summed E-state index contributed by atoms with van der Waals surface area (Å²) >= 11 is 0. The number of carbonyl (C=O) groups is 1. The number of hydrogen-bond donors (Lipinski definition) is 1. The molecule has 1 atom stereocenters. The van der Waals surface area contributed by atoms with E-state index in [1.807, 2.05) is 31.2 Å². The molecule has 134 valence electrons. The molecule has 0 radical (unpaired) electrons. The molecule has 1 amide bonds. The van der Waals surface area contributed by atoms with E-state index in [0.717, 1.165) is 30.5 Å². The van der Waals surface area contributed by atoms with Gasteiger partial charge in [0.25, 0.3) is 5.91 Å². The molecule has 25 heavy (non-hydrogen) atoms. The van der Waals surface area contributed by atoms with E-state index in [1.165, 1.54) is 0 Å². The molecule has 0 aliphatic rings. The van der Waals surface area contributed by atoms with Crippen LogP contribution in [0.1, 0.15) is 54.9 Å². The Morgan fingerprint density at radius 1 is 1.20 bits per heavy atom. The lowest BCUT2D eigenvalue weighted by Crippen LogP contribution is -2.42. The summed E-state index contributed by atoms with van der Waals surface area (Å²) in [6, 6.07) is 9.11. The SMILES string of the molecule is CCCCc1ccc(C(=O)N(Cc2ccccn2)C(CC)CO)nc1. The molecule has 2 aromatic heterocycles. The van der Waals surface area contributed by atoms with Crippen LogP contribution in [0.4, 0.5) is 0 Å². The minimum atomic E-state index is -0.254. The third kappa shape index (κ3) is 5.36. The Morgan fingerprint density at radius 3 is 2.60 bits per heavy atom. The van der Waals surface area contributed by atoms with E-state index in [4.69, 9.17) is 0 Å². The number of aryl methyl sites for hydroxylation is 1. The van der Waals surface area contributed by atoms with Crippen molar-refractivity contribution in [3.05, 3.63) is 59.7 Å². The van der Waals surface area contributed by atoms with E-state index in [2.05, 4.69) is 16.9 Å². The second kappa shape index (κ2) is 9.89. The van der Waals surface area contributed by atoms with Crippen molar-refractivity contribution in [2.45, 2.75) is 52.1 Å². The van der Waals surface area contributed by atoms with Gasteiger partial charge in [-0.2, -0.15) is 0 Å². The van der Waals surface area contributed by atoms with Crippen molar-refractivity contribution in [3.63, 3.8) is 0 Å². The molecule has 0 bridgehead atoms. The molecular weight excluding hydrogens is 314 g/mol. The number of aliphatic hydroxyl groups excluding tert-OH is 1. The van der Waals surface area contributed by atoms with Crippen molar-refractivity contribution in [3.8, 4) is 0 Å². The average Bonchev–Trinajstić information content (AvgIpc) is 2.67. The quantitative estimate of drug-likeness (QED) is 0.760. The highest BCUT2D eigenvalue weighted by Gasteiger charge is 2.24. The Labute approximate surface area is 149 Å². The Kier molecular flexibility index (Phi) is 7.54. The van der Waals surface area contributed by atoms with E-state index in [1.54, 1.807) is 23.4 Å². The second-order valence-corrected chi connectivity index (χ2v) is 6.15. The molecule has 0 saturated heterocycles. The van der Waals surface area contributed by atoms with Crippen LogP contribution in [0, 0.1) is 0 Å². The van der Waals surface area contributed by atoms with Crippen molar-refractivity contribution in [1.82, 2.24) is 14.9 Å². The highest BCUT2D eigenvalue weighted by molar-refractivity contribution is 5.92. The summed E-state index contributed by atoms with van der Waals surface area (Å²) in [6.45, 7) is 4.39. The van der Waals surface area contributed by atoms with Crippen LogP contribution in [0.15, 0.2) is 42.7 Å². The maximum absolute atomic E-state index is 13.0.